The summed E-state index contributed by atoms with van der Waals surface area (Å²) in [5, 5.41) is 1.04. The third-order valence-corrected chi connectivity index (χ3v) is 3.18. The van der Waals surface area contributed by atoms with Crippen LogP contribution >= 0.6 is 0 Å². The van der Waals surface area contributed by atoms with Crippen molar-refractivity contribution in [2.45, 2.75) is 6.04 Å². The van der Waals surface area contributed by atoms with Gasteiger partial charge in [-0.05, 0) is 6.07 Å². The van der Waals surface area contributed by atoms with Gasteiger partial charge in [-0.1, -0.05) is 24.3 Å². The molecular weight excluding hydrogens is 252 g/mol. The maximum absolute atomic E-state index is 6.34. The van der Waals surface area contributed by atoms with Crippen LogP contribution in [-0.4, -0.2) is 22.1 Å². The molecule has 2 aromatic heterocycles. The molecule has 0 saturated carbocycles. The number of benzene rings is 1. The molecule has 5 nitrogen and oxygen atoms in total. The zero-order chi connectivity index (χ0) is 13.9. The van der Waals surface area contributed by atoms with Gasteiger partial charge in [-0.15, -0.1) is 0 Å². The number of hydrogen-bond acceptors (Lipinski definition) is 5. The lowest BCUT2D eigenvalue weighted by Crippen LogP contribution is -2.16. The van der Waals surface area contributed by atoms with E-state index in [1.807, 2.05) is 30.3 Å². The first kappa shape index (κ1) is 12.5. The molecule has 0 aliphatic rings. The molecule has 0 radical (unpaired) electrons. The summed E-state index contributed by atoms with van der Waals surface area (Å²) in [6.07, 6.45) is 4.94. The Kier molecular flexibility index (Phi) is 3.26. The summed E-state index contributed by atoms with van der Waals surface area (Å²) in [7, 11) is 1.56. The lowest BCUT2D eigenvalue weighted by molar-refractivity contribution is 0.387. The Morgan fingerprint density at radius 1 is 1.00 bits per heavy atom. The van der Waals surface area contributed by atoms with Crippen molar-refractivity contribution >= 4 is 10.9 Å². The average molecular weight is 266 g/mol. The van der Waals surface area contributed by atoms with Crippen LogP contribution in [0.1, 0.15) is 17.3 Å². The number of rotatable bonds is 3. The first-order chi connectivity index (χ1) is 9.81. The van der Waals surface area contributed by atoms with Gasteiger partial charge in [-0.3, -0.25) is 9.97 Å². The minimum Gasteiger partial charge on any atom is -0.480 e. The summed E-state index contributed by atoms with van der Waals surface area (Å²) in [6, 6.07) is 9.40. The molecular formula is C15H14N4O. The number of aromatic nitrogens is 3. The quantitative estimate of drug-likeness (QED) is 0.785. The van der Waals surface area contributed by atoms with Gasteiger partial charge in [0.1, 0.15) is 5.69 Å². The normalized spacial score (nSPS) is 12.3. The average Bonchev–Trinajstić information content (AvgIpc) is 2.53. The Hall–Kier alpha value is -2.53. The molecule has 1 aromatic carbocycles. The van der Waals surface area contributed by atoms with Gasteiger partial charge in [0.2, 0.25) is 5.88 Å². The van der Waals surface area contributed by atoms with Gasteiger partial charge in [-0.25, -0.2) is 4.98 Å². The van der Waals surface area contributed by atoms with Crippen molar-refractivity contribution in [2.24, 2.45) is 5.73 Å². The monoisotopic (exact) mass is 266 g/mol. The van der Waals surface area contributed by atoms with Crippen LogP contribution in [0.4, 0.5) is 0 Å². The highest BCUT2D eigenvalue weighted by Crippen LogP contribution is 2.28. The van der Waals surface area contributed by atoms with Crippen LogP contribution < -0.4 is 10.5 Å². The number of para-hydroxylation sites is 1. The number of fused-ring (bicyclic) bond motifs is 1. The van der Waals surface area contributed by atoms with Gasteiger partial charge < -0.3 is 10.5 Å². The summed E-state index contributed by atoms with van der Waals surface area (Å²) < 4.78 is 5.23. The highest BCUT2D eigenvalue weighted by atomic mass is 16.5. The fourth-order valence-corrected chi connectivity index (χ4v) is 2.23. The zero-order valence-electron chi connectivity index (χ0n) is 11.0. The minimum atomic E-state index is -0.433. The zero-order valence-corrected chi connectivity index (χ0v) is 11.0. The molecule has 3 aromatic rings. The maximum Gasteiger partial charge on any atom is 0.237 e. The van der Waals surface area contributed by atoms with Crippen molar-refractivity contribution in [1.29, 1.82) is 0 Å². The first-order valence-corrected chi connectivity index (χ1v) is 6.25. The number of methoxy groups -OCH3 is 1. The summed E-state index contributed by atoms with van der Waals surface area (Å²) in [5.74, 6) is 0.438. The van der Waals surface area contributed by atoms with E-state index in [1.54, 1.807) is 25.7 Å². The fraction of sp³-hybridized carbons (Fsp3) is 0.133. The number of hydrogen-bond donors (Lipinski definition) is 1. The number of nitrogens with two attached hydrogens (primary N) is 1. The third kappa shape index (κ3) is 2.08. The van der Waals surface area contributed by atoms with Gasteiger partial charge in [0.15, 0.2) is 0 Å². The van der Waals surface area contributed by atoms with Crippen LogP contribution in [0.25, 0.3) is 10.9 Å². The minimum absolute atomic E-state index is 0.433. The predicted octanol–water partition coefficient (Wildman–Crippen LogP) is 2.08. The van der Waals surface area contributed by atoms with Gasteiger partial charge >= 0.3 is 0 Å². The summed E-state index contributed by atoms with van der Waals surface area (Å²) in [5.41, 5.74) is 8.72. The predicted molar refractivity (Wildman–Crippen MR) is 76.4 cm³/mol. The van der Waals surface area contributed by atoms with E-state index in [0.717, 1.165) is 16.5 Å². The molecule has 0 saturated heterocycles. The van der Waals surface area contributed by atoms with Crippen molar-refractivity contribution in [3.63, 3.8) is 0 Å². The van der Waals surface area contributed by atoms with Crippen LogP contribution in [0.2, 0.25) is 0 Å². The number of pyridine rings is 1. The highest BCUT2D eigenvalue weighted by Gasteiger charge is 2.18. The van der Waals surface area contributed by atoms with E-state index in [0.29, 0.717) is 11.6 Å². The molecule has 0 aliphatic heterocycles. The molecule has 3 rings (SSSR count). The molecule has 0 amide bonds. The van der Waals surface area contributed by atoms with E-state index in [4.69, 9.17) is 10.5 Å². The lowest BCUT2D eigenvalue weighted by atomic mass is 10.0. The van der Waals surface area contributed by atoms with E-state index in [1.165, 1.54) is 0 Å². The summed E-state index contributed by atoms with van der Waals surface area (Å²) in [4.78, 5) is 12.8. The van der Waals surface area contributed by atoms with Crippen molar-refractivity contribution in [3.05, 3.63) is 60.2 Å². The largest absolute Gasteiger partial charge is 0.480 e. The van der Waals surface area contributed by atoms with Crippen LogP contribution in [0.15, 0.2) is 48.9 Å². The van der Waals surface area contributed by atoms with Crippen molar-refractivity contribution in [1.82, 2.24) is 15.0 Å². The molecule has 0 spiro atoms. The van der Waals surface area contributed by atoms with Gasteiger partial charge in [-0.2, -0.15) is 0 Å². The van der Waals surface area contributed by atoms with E-state index in [9.17, 15) is 0 Å². The SMILES string of the molecule is COc1nccnc1C(N)c1cccc2cccnc12. The van der Waals surface area contributed by atoms with Gasteiger partial charge in [0, 0.05) is 29.5 Å². The molecule has 1 unspecified atom stereocenters. The van der Waals surface area contributed by atoms with Crippen molar-refractivity contribution in [2.75, 3.05) is 7.11 Å². The van der Waals surface area contributed by atoms with Crippen molar-refractivity contribution < 1.29 is 4.74 Å². The van der Waals surface area contributed by atoms with E-state index < -0.39 is 6.04 Å². The maximum atomic E-state index is 6.34. The molecule has 2 N–H and O–H groups in total. The van der Waals surface area contributed by atoms with E-state index >= 15 is 0 Å². The molecule has 100 valence electrons. The second-order valence-corrected chi connectivity index (χ2v) is 4.35. The Morgan fingerprint density at radius 2 is 1.80 bits per heavy atom. The molecule has 0 aliphatic carbocycles. The summed E-state index contributed by atoms with van der Waals surface area (Å²) in [6.45, 7) is 0. The summed E-state index contributed by atoms with van der Waals surface area (Å²) >= 11 is 0. The van der Waals surface area contributed by atoms with Gasteiger partial charge in [0.05, 0.1) is 18.7 Å². The standard InChI is InChI=1S/C15H14N4O/c1-20-15-14(18-8-9-19-15)12(16)11-6-2-4-10-5-3-7-17-13(10)11/h2-9,12H,16H2,1H3. The van der Waals surface area contributed by atoms with Crippen LogP contribution in [0.5, 0.6) is 5.88 Å². The molecule has 5 heteroatoms. The van der Waals surface area contributed by atoms with Crippen molar-refractivity contribution in [3.8, 4) is 5.88 Å². The fourth-order valence-electron chi connectivity index (χ4n) is 2.23. The lowest BCUT2D eigenvalue weighted by Gasteiger charge is -2.15. The number of nitrogens with zero attached hydrogens (tertiary/aromatic N) is 3. The Labute approximate surface area is 116 Å². The smallest absolute Gasteiger partial charge is 0.237 e. The Bertz CT molecular complexity index is 739. The molecule has 2 heterocycles. The Morgan fingerprint density at radius 3 is 2.65 bits per heavy atom. The van der Waals surface area contributed by atoms with Crippen LogP contribution in [-0.2, 0) is 0 Å². The molecule has 0 bridgehead atoms. The molecule has 1 atom stereocenters. The topological polar surface area (TPSA) is 73.9 Å². The molecule has 20 heavy (non-hydrogen) atoms. The van der Waals surface area contributed by atoms with E-state index in [-0.39, 0.29) is 0 Å². The second-order valence-electron chi connectivity index (χ2n) is 4.35. The van der Waals surface area contributed by atoms with Crippen LogP contribution in [0, 0.1) is 0 Å². The van der Waals surface area contributed by atoms with E-state index in [2.05, 4.69) is 15.0 Å². The first-order valence-electron chi connectivity index (χ1n) is 6.25. The second kappa shape index (κ2) is 5.22. The van der Waals surface area contributed by atoms with Gasteiger partial charge in [0.25, 0.3) is 0 Å². The van der Waals surface area contributed by atoms with Crippen LogP contribution in [0.3, 0.4) is 0 Å². The molecule has 0 fully saturated rings. The third-order valence-electron chi connectivity index (χ3n) is 3.18. The number of ether oxygens (including phenoxy) is 1. The highest BCUT2D eigenvalue weighted by molar-refractivity contribution is 5.82. The Balaban J connectivity index is 2.15.